The smallest absolute Gasteiger partial charge is 0.0715 e. The Morgan fingerprint density at radius 2 is 0.829 bits per heavy atom. The predicted octanol–water partition coefficient (Wildman–Crippen LogP) is 8.77. The summed E-state index contributed by atoms with van der Waals surface area (Å²) in [5.41, 5.74) is 6.44. The Labute approximate surface area is 255 Å². The van der Waals surface area contributed by atoms with E-state index in [9.17, 15) is 9.90 Å². The Bertz CT molecular complexity index is 1210. The third-order valence-electron chi connectivity index (χ3n) is 8.03. The van der Waals surface area contributed by atoms with Crippen molar-refractivity contribution in [3.63, 3.8) is 0 Å². The molecular formula is C38H46O2Sn. The summed E-state index contributed by atoms with van der Waals surface area (Å²) >= 11 is -1.84. The number of aryl methyl sites for hydroxylation is 1. The van der Waals surface area contributed by atoms with E-state index in [1.165, 1.54) is 42.1 Å². The molecule has 3 heteroatoms. The van der Waals surface area contributed by atoms with Gasteiger partial charge < -0.3 is 9.90 Å². The van der Waals surface area contributed by atoms with Crippen molar-refractivity contribution in [1.29, 1.82) is 0 Å². The number of carbonyl (C=O) groups is 1. The topological polar surface area (TPSA) is 40.1 Å². The molecule has 0 unspecified atom stereocenters. The van der Waals surface area contributed by atoms with Crippen LogP contribution in [0.15, 0.2) is 115 Å². The summed E-state index contributed by atoms with van der Waals surface area (Å²) in [6.45, 7) is 16.7. The van der Waals surface area contributed by atoms with Gasteiger partial charge in [0.25, 0.3) is 0 Å². The minimum Gasteiger partial charge on any atom is -0.545 e. The van der Waals surface area contributed by atoms with E-state index in [0.717, 1.165) is 5.56 Å². The van der Waals surface area contributed by atoms with Crippen LogP contribution in [-0.4, -0.2) is 25.7 Å². The molecule has 0 aromatic heterocycles. The molecule has 0 atom stereocenters. The monoisotopic (exact) mass is 654 g/mol. The number of aromatic carboxylic acids is 1. The summed E-state index contributed by atoms with van der Waals surface area (Å²) in [6.07, 6.45) is 0. The van der Waals surface area contributed by atoms with E-state index in [0.29, 0.717) is 0 Å². The average Bonchev–Trinajstić information content (AvgIpc) is 2.94. The third kappa shape index (κ3) is 9.88. The number of carbonyl (C=O) groups excluding carboxylic acids is 1. The zero-order valence-corrected chi connectivity index (χ0v) is 28.8. The van der Waals surface area contributed by atoms with Crippen LogP contribution in [-0.2, 0) is 16.2 Å². The molecule has 0 bridgehead atoms. The second-order valence-electron chi connectivity index (χ2n) is 13.2. The van der Waals surface area contributed by atoms with Crippen molar-refractivity contribution in [3.05, 3.63) is 143 Å². The Kier molecular flexibility index (Phi) is 11.4. The van der Waals surface area contributed by atoms with E-state index in [-0.39, 0.29) is 21.8 Å². The SMILES string of the molecule is CC(C)([CH2][Sn+]([CH2]C(C)(C)c1ccccc1)[CH2]C(C)(C)c1ccccc1)c1ccccc1.Cc1ccc(C(=O)[O-])cc1. The van der Waals surface area contributed by atoms with Crippen molar-refractivity contribution in [2.24, 2.45) is 0 Å². The molecule has 0 aliphatic heterocycles. The largest absolute Gasteiger partial charge is 0.545 e. The number of benzene rings is 4. The maximum Gasteiger partial charge on any atom is 0.0715 e. The van der Waals surface area contributed by atoms with Gasteiger partial charge in [0.15, 0.2) is 0 Å². The van der Waals surface area contributed by atoms with Gasteiger partial charge in [-0.25, -0.2) is 0 Å². The van der Waals surface area contributed by atoms with Crippen molar-refractivity contribution in [2.75, 3.05) is 0 Å². The standard InChI is InChI=1S/3C10H13.C8H8O2.Sn/c3*1-10(2,3)9-7-5-4-6-8-9;1-6-2-4-7(5-3-6)8(9)10;/h3*4-8H,1H2,2-3H3;2-5H,1H3,(H,9,10);/q;;;;+1/p-1. The van der Waals surface area contributed by atoms with Gasteiger partial charge >= 0.3 is 199 Å². The van der Waals surface area contributed by atoms with Crippen molar-refractivity contribution in [2.45, 2.75) is 78.0 Å². The summed E-state index contributed by atoms with van der Waals surface area (Å²) in [7, 11) is 0. The van der Waals surface area contributed by atoms with E-state index < -0.39 is 25.7 Å². The zero-order valence-electron chi connectivity index (χ0n) is 25.9. The van der Waals surface area contributed by atoms with Crippen molar-refractivity contribution < 1.29 is 9.90 Å². The molecule has 0 N–H and O–H groups in total. The molecule has 0 heterocycles. The van der Waals surface area contributed by atoms with Gasteiger partial charge in [0.05, 0.1) is 5.97 Å². The summed E-state index contributed by atoms with van der Waals surface area (Å²) in [6, 6.07) is 40.1. The number of hydrogen-bond donors (Lipinski definition) is 0. The molecule has 214 valence electrons. The third-order valence-corrected chi connectivity index (χ3v) is 19.9. The molecule has 0 amide bonds. The number of carboxylic acids is 1. The van der Waals surface area contributed by atoms with Crippen molar-refractivity contribution in [3.8, 4) is 0 Å². The first-order valence-electron chi connectivity index (χ1n) is 14.6. The number of hydrogen-bond acceptors (Lipinski definition) is 2. The van der Waals surface area contributed by atoms with Gasteiger partial charge in [-0.2, -0.15) is 0 Å². The average molecular weight is 653 g/mol. The fourth-order valence-electron chi connectivity index (χ4n) is 5.73. The summed E-state index contributed by atoms with van der Waals surface area (Å²) < 4.78 is 4.14. The summed E-state index contributed by atoms with van der Waals surface area (Å²) in [5, 5.41) is 10.2. The van der Waals surface area contributed by atoms with Crippen LogP contribution in [0, 0.1) is 6.92 Å². The van der Waals surface area contributed by atoms with Gasteiger partial charge in [0, 0.05) is 0 Å². The second kappa shape index (κ2) is 14.4. The molecule has 0 saturated carbocycles. The van der Waals surface area contributed by atoms with E-state index in [1.54, 1.807) is 12.1 Å². The molecule has 4 rings (SSSR count). The van der Waals surface area contributed by atoms with Gasteiger partial charge in [0.2, 0.25) is 0 Å². The zero-order chi connectivity index (χ0) is 30.1. The van der Waals surface area contributed by atoms with Crippen LogP contribution in [0.5, 0.6) is 0 Å². The molecular weight excluding hydrogens is 607 g/mol. The molecule has 0 spiro atoms. The van der Waals surface area contributed by atoms with Gasteiger partial charge in [-0.15, -0.1) is 0 Å². The van der Waals surface area contributed by atoms with Crippen LogP contribution >= 0.6 is 0 Å². The molecule has 41 heavy (non-hydrogen) atoms. The van der Waals surface area contributed by atoms with E-state index in [1.807, 2.05) is 6.92 Å². The van der Waals surface area contributed by atoms with Gasteiger partial charge in [0.1, 0.15) is 0 Å². The van der Waals surface area contributed by atoms with Crippen LogP contribution in [0.4, 0.5) is 0 Å². The molecule has 4 aromatic rings. The fraction of sp³-hybridized carbons (Fsp3) is 0.342. The first-order valence-corrected chi connectivity index (χ1v) is 20.6. The first-order chi connectivity index (χ1) is 19.3. The van der Waals surface area contributed by atoms with Crippen LogP contribution in [0.1, 0.15) is 74.2 Å². The summed E-state index contributed by atoms with van der Waals surface area (Å²) in [4.78, 5) is 10.2. The van der Waals surface area contributed by atoms with Crippen molar-refractivity contribution in [1.82, 2.24) is 0 Å². The van der Waals surface area contributed by atoms with Crippen LogP contribution in [0.3, 0.4) is 0 Å². The number of carboxylic acid groups (broad SMARTS) is 1. The Morgan fingerprint density at radius 1 is 0.537 bits per heavy atom. The Hall–Kier alpha value is -2.85. The van der Waals surface area contributed by atoms with E-state index in [2.05, 4.69) is 133 Å². The quantitative estimate of drug-likeness (QED) is 0.161. The fourth-order valence-corrected chi connectivity index (χ4v) is 19.2. The van der Waals surface area contributed by atoms with E-state index >= 15 is 0 Å². The molecule has 0 radical (unpaired) electrons. The summed E-state index contributed by atoms with van der Waals surface area (Å²) in [5.74, 6) is -1.12. The maximum absolute atomic E-state index is 10.2. The van der Waals surface area contributed by atoms with E-state index in [4.69, 9.17) is 0 Å². The van der Waals surface area contributed by atoms with Crippen molar-refractivity contribution >= 4 is 25.7 Å². The van der Waals surface area contributed by atoms with Gasteiger partial charge in [-0.3, -0.25) is 0 Å². The predicted molar refractivity (Wildman–Crippen MR) is 174 cm³/mol. The second-order valence-corrected chi connectivity index (χ2v) is 20.5. The van der Waals surface area contributed by atoms with Crippen LogP contribution < -0.4 is 5.11 Å². The molecule has 0 saturated heterocycles. The minimum atomic E-state index is -1.84. The molecule has 2 nitrogen and oxygen atoms in total. The van der Waals surface area contributed by atoms with Gasteiger partial charge in [-0.1, -0.05) is 29.8 Å². The Balaban J connectivity index is 0.000000389. The van der Waals surface area contributed by atoms with Crippen LogP contribution in [0.25, 0.3) is 0 Å². The van der Waals surface area contributed by atoms with Gasteiger partial charge in [-0.05, 0) is 12.5 Å². The first kappa shape index (κ1) is 32.7. The maximum atomic E-state index is 10.2. The normalized spacial score (nSPS) is 11.8. The van der Waals surface area contributed by atoms with Crippen LogP contribution in [0.2, 0.25) is 13.3 Å². The molecule has 4 aromatic carbocycles. The molecule has 0 aliphatic rings. The Morgan fingerprint density at radius 3 is 1.10 bits per heavy atom. The minimum absolute atomic E-state index is 0.227. The molecule has 0 fully saturated rings. The molecule has 0 aliphatic carbocycles. The number of rotatable bonds is 10.